The Labute approximate surface area is 165 Å². The van der Waals surface area contributed by atoms with Gasteiger partial charge in [-0.05, 0) is 69.6 Å². The zero-order valence-electron chi connectivity index (χ0n) is 17.2. The van der Waals surface area contributed by atoms with Crippen LogP contribution in [0.3, 0.4) is 0 Å². The highest BCUT2D eigenvalue weighted by Gasteiger charge is 2.43. The lowest BCUT2D eigenvalue weighted by Crippen LogP contribution is -2.67. The van der Waals surface area contributed by atoms with E-state index in [2.05, 4.69) is 22.5 Å². The quantitative estimate of drug-likeness (QED) is 0.591. The summed E-state index contributed by atoms with van der Waals surface area (Å²) in [5.41, 5.74) is 0. The number of hydrogen-bond donors (Lipinski definition) is 4. The largest absolute Gasteiger partial charge is 0.391 e. The maximum absolute atomic E-state index is 10.5. The molecule has 5 nitrogen and oxygen atoms in total. The number of nitrogens with zero attached hydrogens (tertiary/aromatic N) is 1. The number of unbranched alkanes of at least 4 members (excludes halogenated alkanes) is 1. The molecule has 0 bridgehead atoms. The summed E-state index contributed by atoms with van der Waals surface area (Å²) in [7, 11) is 0. The van der Waals surface area contributed by atoms with Crippen LogP contribution in [0.2, 0.25) is 0 Å². The molecule has 4 N–H and O–H groups in total. The van der Waals surface area contributed by atoms with Gasteiger partial charge in [-0.15, -0.1) is 0 Å². The minimum Gasteiger partial charge on any atom is -0.391 e. The van der Waals surface area contributed by atoms with Crippen LogP contribution in [0.5, 0.6) is 0 Å². The molecule has 0 aromatic carbocycles. The van der Waals surface area contributed by atoms with Gasteiger partial charge >= 0.3 is 0 Å². The van der Waals surface area contributed by atoms with E-state index in [1.54, 1.807) is 0 Å². The lowest BCUT2D eigenvalue weighted by Gasteiger charge is -2.51. The number of aliphatic hydroxyl groups is 2. The van der Waals surface area contributed by atoms with Crippen LogP contribution in [0.4, 0.5) is 0 Å². The Morgan fingerprint density at radius 3 is 1.74 bits per heavy atom. The standard InChI is InChI=1S/C22H41N3O2/c1-2-3-14-25(19-12-10-15-6-4-8-17(26)21(15)23-19)20-13-11-16-7-5-9-18(27)22(16)24-20/h15-24,26-27H,2-14H2,1H3. The molecule has 4 aliphatic rings. The highest BCUT2D eigenvalue weighted by molar-refractivity contribution is 4.98. The van der Waals surface area contributed by atoms with Gasteiger partial charge in [0.25, 0.3) is 0 Å². The minimum absolute atomic E-state index is 0.177. The van der Waals surface area contributed by atoms with E-state index < -0.39 is 0 Å². The summed E-state index contributed by atoms with van der Waals surface area (Å²) in [6, 6.07) is 0.552. The van der Waals surface area contributed by atoms with Crippen LogP contribution in [0, 0.1) is 11.8 Å². The number of hydrogen-bond acceptors (Lipinski definition) is 5. The molecule has 2 saturated heterocycles. The average molecular weight is 380 g/mol. The Morgan fingerprint density at radius 1 is 0.741 bits per heavy atom. The lowest BCUT2D eigenvalue weighted by atomic mass is 9.76. The molecule has 5 heteroatoms. The Kier molecular flexibility index (Phi) is 6.76. The lowest BCUT2D eigenvalue weighted by molar-refractivity contribution is -0.0469. The molecule has 0 spiro atoms. The van der Waals surface area contributed by atoms with E-state index in [0.29, 0.717) is 24.2 Å². The smallest absolute Gasteiger partial charge is 0.0696 e. The molecule has 27 heavy (non-hydrogen) atoms. The molecule has 156 valence electrons. The molecule has 2 saturated carbocycles. The molecule has 2 aliphatic carbocycles. The van der Waals surface area contributed by atoms with Crippen LogP contribution in [-0.4, -0.2) is 58.3 Å². The first-order valence-electron chi connectivity index (χ1n) is 11.8. The van der Waals surface area contributed by atoms with E-state index in [1.807, 2.05) is 0 Å². The highest BCUT2D eigenvalue weighted by atomic mass is 16.3. The second-order valence-electron chi connectivity index (χ2n) is 9.68. The van der Waals surface area contributed by atoms with Gasteiger partial charge in [0.2, 0.25) is 0 Å². The Balaban J connectivity index is 1.44. The molecule has 0 radical (unpaired) electrons. The van der Waals surface area contributed by atoms with Gasteiger partial charge in [0.15, 0.2) is 0 Å². The summed E-state index contributed by atoms with van der Waals surface area (Å²) in [5.74, 6) is 1.31. The summed E-state index contributed by atoms with van der Waals surface area (Å²) in [6.07, 6.45) is 14.4. The van der Waals surface area contributed by atoms with E-state index in [-0.39, 0.29) is 24.3 Å². The second-order valence-corrected chi connectivity index (χ2v) is 9.68. The van der Waals surface area contributed by atoms with Crippen LogP contribution in [0.15, 0.2) is 0 Å². The molecule has 2 heterocycles. The third kappa shape index (κ3) is 4.37. The topological polar surface area (TPSA) is 67.8 Å². The van der Waals surface area contributed by atoms with Gasteiger partial charge in [0.05, 0.1) is 24.5 Å². The van der Waals surface area contributed by atoms with Crippen LogP contribution in [0.1, 0.15) is 84.0 Å². The Morgan fingerprint density at radius 2 is 1.26 bits per heavy atom. The van der Waals surface area contributed by atoms with Crippen molar-refractivity contribution in [1.29, 1.82) is 0 Å². The van der Waals surface area contributed by atoms with Crippen molar-refractivity contribution < 1.29 is 10.2 Å². The first-order chi connectivity index (χ1) is 13.2. The molecule has 0 aromatic heterocycles. The van der Waals surface area contributed by atoms with Crippen LogP contribution in [0.25, 0.3) is 0 Å². The molecule has 4 rings (SSSR count). The molecular formula is C22H41N3O2. The third-order valence-electron chi connectivity index (χ3n) is 7.96. The number of aliphatic hydroxyl groups excluding tert-OH is 2. The van der Waals surface area contributed by atoms with Gasteiger partial charge in [0, 0.05) is 18.6 Å². The molecule has 2 aliphatic heterocycles. The summed E-state index contributed by atoms with van der Waals surface area (Å²) in [6.45, 7) is 3.37. The summed E-state index contributed by atoms with van der Waals surface area (Å²) >= 11 is 0. The number of rotatable bonds is 5. The van der Waals surface area contributed by atoms with E-state index >= 15 is 0 Å². The van der Waals surface area contributed by atoms with Crippen molar-refractivity contribution in [3.05, 3.63) is 0 Å². The number of nitrogens with one attached hydrogen (secondary N) is 2. The van der Waals surface area contributed by atoms with Crippen LogP contribution in [-0.2, 0) is 0 Å². The number of piperidine rings is 2. The maximum Gasteiger partial charge on any atom is 0.0696 e. The minimum atomic E-state index is -0.177. The Bertz CT molecular complexity index is 438. The fraction of sp³-hybridized carbons (Fsp3) is 1.00. The molecular weight excluding hydrogens is 338 g/mol. The van der Waals surface area contributed by atoms with Crippen molar-refractivity contribution in [2.75, 3.05) is 6.54 Å². The first-order valence-corrected chi connectivity index (χ1v) is 11.8. The van der Waals surface area contributed by atoms with Gasteiger partial charge in [-0.2, -0.15) is 0 Å². The van der Waals surface area contributed by atoms with E-state index in [1.165, 1.54) is 64.2 Å². The van der Waals surface area contributed by atoms with Gasteiger partial charge in [-0.1, -0.05) is 26.2 Å². The van der Waals surface area contributed by atoms with E-state index in [9.17, 15) is 10.2 Å². The molecule has 4 fully saturated rings. The molecule has 8 atom stereocenters. The zero-order valence-corrected chi connectivity index (χ0v) is 17.2. The Hall–Kier alpha value is -0.200. The van der Waals surface area contributed by atoms with Crippen molar-refractivity contribution in [2.24, 2.45) is 11.8 Å². The van der Waals surface area contributed by atoms with E-state index in [0.717, 1.165) is 19.4 Å². The van der Waals surface area contributed by atoms with Gasteiger partial charge in [-0.25, -0.2) is 0 Å². The number of fused-ring (bicyclic) bond motifs is 2. The maximum atomic E-state index is 10.5. The monoisotopic (exact) mass is 379 g/mol. The fourth-order valence-corrected chi connectivity index (χ4v) is 6.41. The second kappa shape index (κ2) is 9.08. The van der Waals surface area contributed by atoms with Crippen molar-refractivity contribution in [1.82, 2.24) is 15.5 Å². The SMILES string of the molecule is CCCCN(C1CCC2CCCC(O)C2N1)C1CCC2CCCC(O)C2N1. The molecule has 0 aromatic rings. The highest BCUT2D eigenvalue weighted by Crippen LogP contribution is 2.36. The molecule has 0 amide bonds. The van der Waals surface area contributed by atoms with Gasteiger partial charge < -0.3 is 10.2 Å². The van der Waals surface area contributed by atoms with Crippen molar-refractivity contribution in [2.45, 2.75) is 121 Å². The average Bonchev–Trinajstić information content (AvgIpc) is 2.69. The zero-order chi connectivity index (χ0) is 18.8. The van der Waals surface area contributed by atoms with Gasteiger partial charge in [-0.3, -0.25) is 15.5 Å². The molecule has 8 unspecified atom stereocenters. The van der Waals surface area contributed by atoms with Gasteiger partial charge in [0.1, 0.15) is 0 Å². The van der Waals surface area contributed by atoms with Crippen molar-refractivity contribution >= 4 is 0 Å². The normalized spacial score (nSPS) is 45.3. The summed E-state index contributed by atoms with van der Waals surface area (Å²) in [5, 5.41) is 28.8. The van der Waals surface area contributed by atoms with Crippen molar-refractivity contribution in [3.63, 3.8) is 0 Å². The fourth-order valence-electron chi connectivity index (χ4n) is 6.41. The summed E-state index contributed by atoms with van der Waals surface area (Å²) in [4.78, 5) is 2.65. The van der Waals surface area contributed by atoms with Crippen LogP contribution < -0.4 is 10.6 Å². The van der Waals surface area contributed by atoms with Crippen molar-refractivity contribution in [3.8, 4) is 0 Å². The first kappa shape index (κ1) is 20.1. The summed E-state index contributed by atoms with van der Waals surface area (Å²) < 4.78 is 0. The van der Waals surface area contributed by atoms with E-state index in [4.69, 9.17) is 0 Å². The predicted molar refractivity (Wildman–Crippen MR) is 108 cm³/mol. The third-order valence-corrected chi connectivity index (χ3v) is 7.96. The van der Waals surface area contributed by atoms with Crippen LogP contribution >= 0.6 is 0 Å². The predicted octanol–water partition coefficient (Wildman–Crippen LogP) is 2.57.